The Labute approximate surface area is 105 Å². The van der Waals surface area contributed by atoms with E-state index in [-0.39, 0.29) is 5.02 Å². The van der Waals surface area contributed by atoms with Crippen molar-refractivity contribution in [1.82, 2.24) is 0 Å². The number of hydrogen-bond acceptors (Lipinski definition) is 3. The highest BCUT2D eigenvalue weighted by Crippen LogP contribution is 2.29. The van der Waals surface area contributed by atoms with Gasteiger partial charge in [0.15, 0.2) is 9.84 Å². The zero-order valence-corrected chi connectivity index (χ0v) is 11.1. The highest BCUT2D eigenvalue weighted by molar-refractivity contribution is 7.91. The first-order chi connectivity index (χ1) is 7.23. The molecule has 0 amide bonds. The average Bonchev–Trinajstić information content (AvgIpc) is 2.14. The van der Waals surface area contributed by atoms with Crippen LogP contribution in [0.2, 0.25) is 10.0 Å². The molecule has 1 aromatic rings. The Morgan fingerprint density at radius 3 is 2.31 bits per heavy atom. The number of sulfone groups is 1. The monoisotopic (exact) mass is 282 g/mol. The lowest BCUT2D eigenvalue weighted by atomic mass is 10.1. The van der Waals surface area contributed by atoms with E-state index in [0.717, 1.165) is 6.26 Å². The van der Waals surface area contributed by atoms with Crippen molar-refractivity contribution >= 4 is 33.0 Å². The minimum atomic E-state index is -3.32. The molecule has 0 bridgehead atoms. The summed E-state index contributed by atoms with van der Waals surface area (Å²) >= 11 is 11.6. The Balaban J connectivity index is 3.10. The van der Waals surface area contributed by atoms with Gasteiger partial charge >= 0.3 is 0 Å². The predicted molar refractivity (Wildman–Crippen MR) is 65.7 cm³/mol. The maximum atomic E-state index is 11.3. The van der Waals surface area contributed by atoms with Gasteiger partial charge in [-0.25, -0.2) is 8.42 Å². The number of hydrogen-bond donors (Lipinski definition) is 1. The SMILES string of the molecule is C[C@H]([C@@H](O)c1ccc(Cl)cc1Cl)S(C)(=O)=O. The molecule has 1 aromatic carbocycles. The number of halogens is 2. The smallest absolute Gasteiger partial charge is 0.152 e. The second kappa shape index (κ2) is 4.92. The van der Waals surface area contributed by atoms with Gasteiger partial charge in [0, 0.05) is 21.9 Å². The molecule has 16 heavy (non-hydrogen) atoms. The molecule has 0 unspecified atom stereocenters. The Morgan fingerprint density at radius 2 is 1.88 bits per heavy atom. The van der Waals surface area contributed by atoms with Gasteiger partial charge in [0.1, 0.15) is 0 Å². The Hall–Kier alpha value is -0.290. The Bertz CT molecular complexity index is 485. The molecular weight excluding hydrogens is 271 g/mol. The van der Waals surface area contributed by atoms with E-state index in [2.05, 4.69) is 0 Å². The summed E-state index contributed by atoms with van der Waals surface area (Å²) in [5.41, 5.74) is 0.365. The molecule has 0 saturated heterocycles. The van der Waals surface area contributed by atoms with Crippen LogP contribution >= 0.6 is 23.2 Å². The fourth-order valence-corrected chi connectivity index (χ4v) is 2.36. The zero-order valence-electron chi connectivity index (χ0n) is 8.81. The van der Waals surface area contributed by atoms with E-state index < -0.39 is 21.2 Å². The summed E-state index contributed by atoms with van der Waals surface area (Å²) < 4.78 is 22.6. The van der Waals surface area contributed by atoms with Crippen LogP contribution in [-0.4, -0.2) is 25.0 Å². The van der Waals surface area contributed by atoms with Crippen molar-refractivity contribution in [1.29, 1.82) is 0 Å². The summed E-state index contributed by atoms with van der Waals surface area (Å²) in [4.78, 5) is 0. The van der Waals surface area contributed by atoms with Crippen LogP contribution in [0.3, 0.4) is 0 Å². The van der Waals surface area contributed by atoms with E-state index in [0.29, 0.717) is 10.6 Å². The first-order valence-electron chi connectivity index (χ1n) is 4.55. The number of aliphatic hydroxyl groups is 1. The summed E-state index contributed by atoms with van der Waals surface area (Å²) in [5.74, 6) is 0. The van der Waals surface area contributed by atoms with Crippen molar-refractivity contribution in [3.63, 3.8) is 0 Å². The summed E-state index contributed by atoms with van der Waals surface area (Å²) in [6.45, 7) is 1.44. The van der Waals surface area contributed by atoms with Crippen LogP contribution in [-0.2, 0) is 9.84 Å². The van der Waals surface area contributed by atoms with Gasteiger partial charge in [-0.2, -0.15) is 0 Å². The van der Waals surface area contributed by atoms with Crippen LogP contribution in [0.4, 0.5) is 0 Å². The third kappa shape index (κ3) is 3.10. The van der Waals surface area contributed by atoms with Crippen LogP contribution in [0.25, 0.3) is 0 Å². The summed E-state index contributed by atoms with van der Waals surface area (Å²) in [5, 5.41) is 9.68. The molecule has 2 atom stereocenters. The Kier molecular flexibility index (Phi) is 4.23. The number of benzene rings is 1. The van der Waals surface area contributed by atoms with Crippen molar-refractivity contribution in [2.24, 2.45) is 0 Å². The van der Waals surface area contributed by atoms with Gasteiger partial charge in [0.25, 0.3) is 0 Å². The molecule has 0 heterocycles. The fraction of sp³-hybridized carbons (Fsp3) is 0.400. The molecule has 0 aliphatic carbocycles. The van der Waals surface area contributed by atoms with Gasteiger partial charge in [-0.15, -0.1) is 0 Å². The normalized spacial score (nSPS) is 15.8. The van der Waals surface area contributed by atoms with Crippen LogP contribution < -0.4 is 0 Å². The Morgan fingerprint density at radius 1 is 1.31 bits per heavy atom. The largest absolute Gasteiger partial charge is 0.387 e. The third-order valence-electron chi connectivity index (χ3n) is 2.40. The van der Waals surface area contributed by atoms with Gasteiger partial charge in [-0.3, -0.25) is 0 Å². The predicted octanol–water partition coefficient (Wildman–Crippen LogP) is 2.46. The van der Waals surface area contributed by atoms with Crippen LogP contribution in [0.1, 0.15) is 18.6 Å². The first-order valence-corrected chi connectivity index (χ1v) is 7.26. The molecule has 3 nitrogen and oxygen atoms in total. The number of rotatable bonds is 3. The summed E-state index contributed by atoms with van der Waals surface area (Å²) in [6, 6.07) is 4.55. The number of aliphatic hydroxyl groups excluding tert-OH is 1. The van der Waals surface area contributed by atoms with Gasteiger partial charge in [0.2, 0.25) is 0 Å². The quantitative estimate of drug-likeness (QED) is 0.927. The van der Waals surface area contributed by atoms with Crippen LogP contribution in [0.15, 0.2) is 18.2 Å². The standard InChI is InChI=1S/C10H12Cl2O3S/c1-6(16(2,14)15)10(13)8-4-3-7(11)5-9(8)12/h3-6,10,13H,1-2H3/t6-,10-/m1/s1. The molecule has 6 heteroatoms. The highest BCUT2D eigenvalue weighted by Gasteiger charge is 2.26. The van der Waals surface area contributed by atoms with Crippen molar-refractivity contribution in [3.05, 3.63) is 33.8 Å². The van der Waals surface area contributed by atoms with Crippen molar-refractivity contribution in [3.8, 4) is 0 Å². The average molecular weight is 283 g/mol. The maximum absolute atomic E-state index is 11.3. The third-order valence-corrected chi connectivity index (χ3v) is 4.57. The fourth-order valence-electron chi connectivity index (χ4n) is 1.23. The first kappa shape index (κ1) is 13.8. The molecule has 1 rings (SSSR count). The summed E-state index contributed by atoms with van der Waals surface area (Å²) in [7, 11) is -3.32. The minimum absolute atomic E-state index is 0.260. The molecular formula is C10H12Cl2O3S. The molecule has 0 fully saturated rings. The molecule has 0 aliphatic heterocycles. The van der Waals surface area contributed by atoms with E-state index in [1.807, 2.05) is 0 Å². The lowest BCUT2D eigenvalue weighted by Crippen LogP contribution is -2.24. The second-order valence-corrected chi connectivity index (χ2v) is 6.89. The lowest BCUT2D eigenvalue weighted by molar-refractivity contribution is 0.176. The molecule has 0 spiro atoms. The molecule has 0 saturated carbocycles. The zero-order chi connectivity index (χ0) is 12.5. The summed E-state index contributed by atoms with van der Waals surface area (Å²) in [6.07, 6.45) is -0.0789. The van der Waals surface area contributed by atoms with E-state index in [1.54, 1.807) is 6.07 Å². The minimum Gasteiger partial charge on any atom is -0.387 e. The molecule has 90 valence electrons. The van der Waals surface area contributed by atoms with Gasteiger partial charge in [-0.05, 0) is 19.1 Å². The van der Waals surface area contributed by atoms with Crippen LogP contribution in [0.5, 0.6) is 0 Å². The second-order valence-electron chi connectivity index (χ2n) is 3.65. The van der Waals surface area contributed by atoms with Gasteiger partial charge in [-0.1, -0.05) is 29.3 Å². The van der Waals surface area contributed by atoms with E-state index in [1.165, 1.54) is 19.1 Å². The van der Waals surface area contributed by atoms with Gasteiger partial charge in [0.05, 0.1) is 11.4 Å². The molecule has 1 N–H and O–H groups in total. The molecule has 0 radical (unpaired) electrons. The van der Waals surface area contributed by atoms with Gasteiger partial charge < -0.3 is 5.11 Å². The topological polar surface area (TPSA) is 54.4 Å². The highest BCUT2D eigenvalue weighted by atomic mass is 35.5. The van der Waals surface area contributed by atoms with Crippen LogP contribution in [0, 0.1) is 0 Å². The van der Waals surface area contributed by atoms with E-state index in [4.69, 9.17) is 23.2 Å². The van der Waals surface area contributed by atoms with E-state index in [9.17, 15) is 13.5 Å². The maximum Gasteiger partial charge on any atom is 0.152 e. The van der Waals surface area contributed by atoms with Crippen molar-refractivity contribution in [2.75, 3.05) is 6.26 Å². The van der Waals surface area contributed by atoms with E-state index >= 15 is 0 Å². The lowest BCUT2D eigenvalue weighted by Gasteiger charge is -2.18. The van der Waals surface area contributed by atoms with Crippen molar-refractivity contribution < 1.29 is 13.5 Å². The molecule has 0 aliphatic rings. The van der Waals surface area contributed by atoms with Crippen molar-refractivity contribution in [2.45, 2.75) is 18.3 Å². The molecule has 0 aromatic heterocycles.